The normalized spacial score (nSPS) is 22.9. The minimum Gasteiger partial charge on any atom is -0.399 e. The number of thiophene rings is 1. The number of rotatable bonds is 2. The van der Waals surface area contributed by atoms with Crippen LogP contribution in [0.4, 0.5) is 5.69 Å². The highest BCUT2D eigenvalue weighted by molar-refractivity contribution is 7.22. The largest absolute Gasteiger partial charge is 0.399 e. The Morgan fingerprint density at radius 3 is 2.90 bits per heavy atom. The summed E-state index contributed by atoms with van der Waals surface area (Å²) in [4.78, 5) is 15.0. The lowest BCUT2D eigenvalue weighted by Crippen LogP contribution is -2.46. The van der Waals surface area contributed by atoms with E-state index in [9.17, 15) is 0 Å². The van der Waals surface area contributed by atoms with Gasteiger partial charge in [-0.05, 0) is 69.1 Å². The summed E-state index contributed by atoms with van der Waals surface area (Å²) in [5.74, 6) is 0.659. The zero-order valence-electron chi connectivity index (χ0n) is 16.3. The van der Waals surface area contributed by atoms with Crippen molar-refractivity contribution in [3.63, 3.8) is 0 Å². The second-order valence-corrected chi connectivity index (χ2v) is 10.4. The van der Waals surface area contributed by atoms with E-state index in [0.29, 0.717) is 5.92 Å². The van der Waals surface area contributed by atoms with Crippen LogP contribution in [-0.2, 0) is 0 Å². The molecule has 148 valence electrons. The summed E-state index contributed by atoms with van der Waals surface area (Å²) in [5, 5.41) is 2.32. The molecule has 5 heterocycles. The lowest BCUT2D eigenvalue weighted by atomic mass is 9.82. The molecule has 29 heavy (non-hydrogen) atoms. The van der Waals surface area contributed by atoms with Crippen LogP contribution in [0.1, 0.15) is 42.9 Å². The van der Waals surface area contributed by atoms with Crippen molar-refractivity contribution in [2.24, 2.45) is 0 Å². The number of piperidine rings is 2. The number of nitrogens with zero attached hydrogens (tertiary/aromatic N) is 3. The summed E-state index contributed by atoms with van der Waals surface area (Å²) < 4.78 is 1.18. The Hall–Kier alpha value is -2.02. The molecule has 6 rings (SSSR count). The third-order valence-electron chi connectivity index (χ3n) is 6.55. The van der Waals surface area contributed by atoms with E-state index in [-0.39, 0.29) is 0 Å². The number of pyridine rings is 1. The van der Waals surface area contributed by atoms with Crippen LogP contribution in [0.5, 0.6) is 0 Å². The highest BCUT2D eigenvalue weighted by Gasteiger charge is 2.35. The van der Waals surface area contributed by atoms with Gasteiger partial charge in [0.1, 0.15) is 9.84 Å². The molecular formula is C23H24N4S2. The van der Waals surface area contributed by atoms with Crippen molar-refractivity contribution in [2.75, 3.05) is 18.8 Å². The number of nitrogen functional groups attached to an aromatic ring is 1. The fraction of sp³-hybridized carbons (Fsp3) is 0.391. The van der Waals surface area contributed by atoms with E-state index < -0.39 is 0 Å². The molecule has 1 aromatic carbocycles. The van der Waals surface area contributed by atoms with Crippen LogP contribution in [0.2, 0.25) is 0 Å². The number of aromatic nitrogens is 2. The van der Waals surface area contributed by atoms with Gasteiger partial charge in [-0.2, -0.15) is 0 Å². The first-order valence-electron chi connectivity index (χ1n) is 10.6. The molecule has 2 fully saturated rings. The Bertz CT molecular complexity index is 1190. The van der Waals surface area contributed by atoms with Crippen molar-refractivity contribution in [1.82, 2.24) is 14.9 Å². The molecule has 0 amide bonds. The highest BCUT2D eigenvalue weighted by atomic mass is 32.1. The molecule has 6 heteroatoms. The Labute approximate surface area is 178 Å². The number of nitrogens with two attached hydrogens (primary N) is 1. The minimum atomic E-state index is 0.659. The van der Waals surface area contributed by atoms with Crippen molar-refractivity contribution in [3.05, 3.63) is 41.4 Å². The van der Waals surface area contributed by atoms with Crippen LogP contribution in [0.25, 0.3) is 31.0 Å². The lowest BCUT2D eigenvalue weighted by Gasteiger charge is -2.44. The third-order valence-corrected chi connectivity index (χ3v) is 8.80. The summed E-state index contributed by atoms with van der Waals surface area (Å²) in [6, 6.07) is 11.3. The van der Waals surface area contributed by atoms with Crippen LogP contribution >= 0.6 is 22.7 Å². The van der Waals surface area contributed by atoms with Gasteiger partial charge in [0.25, 0.3) is 0 Å². The van der Waals surface area contributed by atoms with Gasteiger partial charge in [0.15, 0.2) is 0 Å². The molecule has 2 aliphatic rings. The summed E-state index contributed by atoms with van der Waals surface area (Å²) in [7, 11) is 0. The first kappa shape index (κ1) is 17.8. The van der Waals surface area contributed by atoms with Gasteiger partial charge in [0, 0.05) is 39.7 Å². The maximum absolute atomic E-state index is 5.95. The third kappa shape index (κ3) is 3.05. The van der Waals surface area contributed by atoms with Gasteiger partial charge in [-0.15, -0.1) is 22.7 Å². The SMILES string of the molecule is Nc1ccc2sc(-c3ccnc4sc(C5CCCN6CCCCC56)cc34)nc2c1. The number of benzene rings is 1. The summed E-state index contributed by atoms with van der Waals surface area (Å²) in [5.41, 5.74) is 8.90. The van der Waals surface area contributed by atoms with Crippen molar-refractivity contribution in [2.45, 2.75) is 44.1 Å². The maximum atomic E-state index is 5.95. The van der Waals surface area contributed by atoms with E-state index in [1.807, 2.05) is 29.7 Å². The number of hydrogen-bond donors (Lipinski definition) is 1. The topological polar surface area (TPSA) is 55.0 Å². The van der Waals surface area contributed by atoms with Gasteiger partial charge in [-0.3, -0.25) is 4.90 Å². The lowest BCUT2D eigenvalue weighted by molar-refractivity contribution is 0.0905. The van der Waals surface area contributed by atoms with E-state index in [1.165, 1.54) is 65.7 Å². The highest BCUT2D eigenvalue weighted by Crippen LogP contribution is 2.44. The Morgan fingerprint density at radius 1 is 1.00 bits per heavy atom. The zero-order valence-corrected chi connectivity index (χ0v) is 17.9. The zero-order chi connectivity index (χ0) is 19.4. The van der Waals surface area contributed by atoms with E-state index in [0.717, 1.165) is 27.1 Å². The van der Waals surface area contributed by atoms with E-state index in [4.69, 9.17) is 15.7 Å². The van der Waals surface area contributed by atoms with Crippen LogP contribution < -0.4 is 5.73 Å². The van der Waals surface area contributed by atoms with Crippen LogP contribution in [-0.4, -0.2) is 34.0 Å². The quantitative estimate of drug-likeness (QED) is 0.411. The molecule has 2 N–H and O–H groups in total. The van der Waals surface area contributed by atoms with Crippen molar-refractivity contribution in [3.8, 4) is 10.6 Å². The van der Waals surface area contributed by atoms with Crippen molar-refractivity contribution >= 4 is 48.8 Å². The molecule has 4 aromatic rings. The molecule has 2 saturated heterocycles. The smallest absolute Gasteiger partial charge is 0.125 e. The summed E-state index contributed by atoms with van der Waals surface area (Å²) in [6.07, 6.45) is 8.65. The fourth-order valence-corrected chi connectivity index (χ4v) is 7.38. The first-order valence-corrected chi connectivity index (χ1v) is 12.2. The monoisotopic (exact) mass is 420 g/mol. The predicted octanol–water partition coefficient (Wildman–Crippen LogP) is 5.89. The van der Waals surface area contributed by atoms with Gasteiger partial charge < -0.3 is 5.73 Å². The Morgan fingerprint density at radius 2 is 1.93 bits per heavy atom. The summed E-state index contributed by atoms with van der Waals surface area (Å²) >= 11 is 3.64. The molecule has 2 atom stereocenters. The molecule has 0 aliphatic carbocycles. The van der Waals surface area contributed by atoms with Crippen molar-refractivity contribution < 1.29 is 0 Å². The first-order chi connectivity index (χ1) is 14.3. The van der Waals surface area contributed by atoms with E-state index >= 15 is 0 Å². The number of fused-ring (bicyclic) bond motifs is 3. The molecule has 0 saturated carbocycles. The van der Waals surface area contributed by atoms with E-state index in [1.54, 1.807) is 11.3 Å². The molecule has 2 unspecified atom stereocenters. The van der Waals surface area contributed by atoms with Crippen molar-refractivity contribution in [1.29, 1.82) is 0 Å². The molecule has 0 radical (unpaired) electrons. The molecule has 4 nitrogen and oxygen atoms in total. The second kappa shape index (κ2) is 7.04. The average molecular weight is 421 g/mol. The van der Waals surface area contributed by atoms with Crippen LogP contribution in [0.15, 0.2) is 36.5 Å². The van der Waals surface area contributed by atoms with Gasteiger partial charge in [-0.25, -0.2) is 9.97 Å². The molecule has 2 aliphatic heterocycles. The van der Waals surface area contributed by atoms with E-state index in [2.05, 4.69) is 23.1 Å². The molecule has 0 spiro atoms. The number of thiazole rings is 1. The van der Waals surface area contributed by atoms with Crippen LogP contribution in [0, 0.1) is 0 Å². The summed E-state index contributed by atoms with van der Waals surface area (Å²) in [6.45, 7) is 2.56. The predicted molar refractivity (Wildman–Crippen MR) is 124 cm³/mol. The minimum absolute atomic E-state index is 0.659. The second-order valence-electron chi connectivity index (χ2n) is 8.32. The Balaban J connectivity index is 1.43. The molecular weight excluding hydrogens is 396 g/mol. The molecule has 0 bridgehead atoms. The maximum Gasteiger partial charge on any atom is 0.125 e. The van der Waals surface area contributed by atoms with Crippen LogP contribution in [0.3, 0.4) is 0 Å². The van der Waals surface area contributed by atoms with Gasteiger partial charge in [0.2, 0.25) is 0 Å². The van der Waals surface area contributed by atoms with Gasteiger partial charge in [-0.1, -0.05) is 6.42 Å². The standard InChI is InChI=1S/C23H24N4S2/c24-14-6-7-20-18(12-14)26-23(28-20)15-8-9-25-22-17(15)13-21(29-22)16-4-3-11-27-10-2-1-5-19(16)27/h6-9,12-13,16,19H,1-5,10-11,24H2. The number of hydrogen-bond acceptors (Lipinski definition) is 6. The number of anilines is 1. The average Bonchev–Trinajstić information content (AvgIpc) is 3.36. The Kier molecular flexibility index (Phi) is 4.32. The fourth-order valence-electron chi connectivity index (χ4n) is 5.18. The molecule has 3 aromatic heterocycles. The van der Waals surface area contributed by atoms with Gasteiger partial charge in [0.05, 0.1) is 10.2 Å². The van der Waals surface area contributed by atoms with Gasteiger partial charge >= 0.3 is 0 Å².